The molecule has 0 atom stereocenters. The van der Waals surface area contributed by atoms with Gasteiger partial charge < -0.3 is 14.8 Å². The van der Waals surface area contributed by atoms with Crippen LogP contribution in [-0.4, -0.2) is 28.8 Å². The Morgan fingerprint density at radius 3 is 2.80 bits per heavy atom. The van der Waals surface area contributed by atoms with Gasteiger partial charge in [0.2, 0.25) is 0 Å². The first kappa shape index (κ1) is 12.0. The summed E-state index contributed by atoms with van der Waals surface area (Å²) in [6.45, 7) is 2.77. The van der Waals surface area contributed by atoms with Gasteiger partial charge in [0, 0.05) is 11.7 Å². The van der Waals surface area contributed by atoms with Crippen molar-refractivity contribution in [1.82, 2.24) is 4.98 Å². The van der Waals surface area contributed by atoms with Gasteiger partial charge in [0.25, 0.3) is 0 Å². The van der Waals surface area contributed by atoms with Crippen molar-refractivity contribution in [1.29, 1.82) is 0 Å². The van der Waals surface area contributed by atoms with Gasteiger partial charge in [-0.2, -0.15) is 0 Å². The number of ether oxygens (including phenoxy) is 1. The van der Waals surface area contributed by atoms with Crippen LogP contribution in [0.15, 0.2) is 18.5 Å². The van der Waals surface area contributed by atoms with Crippen molar-refractivity contribution < 1.29 is 14.8 Å². The number of hydrogen-bond donors (Lipinski definition) is 2. The van der Waals surface area contributed by atoms with E-state index >= 15 is 0 Å². The molecule has 0 aliphatic heterocycles. The van der Waals surface area contributed by atoms with Crippen molar-refractivity contribution in [2.75, 3.05) is 6.61 Å². The smallest absolute Gasteiger partial charge is 0.490 e. The van der Waals surface area contributed by atoms with Crippen molar-refractivity contribution >= 4 is 12.6 Å². The third kappa shape index (κ3) is 4.31. The van der Waals surface area contributed by atoms with Crippen LogP contribution >= 0.6 is 0 Å². The lowest BCUT2D eigenvalue weighted by atomic mass is 9.82. The summed E-state index contributed by atoms with van der Waals surface area (Å²) in [6.07, 6.45) is 6.26. The number of rotatable bonds is 6. The summed E-state index contributed by atoms with van der Waals surface area (Å²) in [6, 6.07) is 1.59. The number of hydrogen-bond acceptors (Lipinski definition) is 4. The molecule has 0 saturated heterocycles. The molecule has 0 amide bonds. The molecule has 0 saturated carbocycles. The average molecular weight is 209 g/mol. The Morgan fingerprint density at radius 2 is 2.13 bits per heavy atom. The second kappa shape index (κ2) is 6.42. The summed E-state index contributed by atoms with van der Waals surface area (Å²) in [5.41, 5.74) is 0.350. The van der Waals surface area contributed by atoms with Gasteiger partial charge in [0.05, 0.1) is 12.8 Å². The van der Waals surface area contributed by atoms with Crippen LogP contribution in [0.3, 0.4) is 0 Å². The normalized spacial score (nSPS) is 10.1. The minimum Gasteiger partial charge on any atom is -0.492 e. The van der Waals surface area contributed by atoms with Gasteiger partial charge in [-0.05, 0) is 12.5 Å². The van der Waals surface area contributed by atoms with Gasteiger partial charge in [-0.15, -0.1) is 0 Å². The fourth-order valence-electron chi connectivity index (χ4n) is 1.20. The van der Waals surface area contributed by atoms with Crippen LogP contribution in [0.5, 0.6) is 5.75 Å². The monoisotopic (exact) mass is 209 g/mol. The molecule has 15 heavy (non-hydrogen) atoms. The maximum absolute atomic E-state index is 8.92. The molecule has 0 aliphatic rings. The molecule has 1 aromatic rings. The molecule has 0 bridgehead atoms. The van der Waals surface area contributed by atoms with E-state index in [1.807, 2.05) is 0 Å². The van der Waals surface area contributed by atoms with Gasteiger partial charge in [0.15, 0.2) is 0 Å². The predicted molar refractivity (Wildman–Crippen MR) is 59.1 cm³/mol. The zero-order chi connectivity index (χ0) is 11.1. The quantitative estimate of drug-likeness (QED) is 0.523. The second-order valence-electron chi connectivity index (χ2n) is 3.38. The van der Waals surface area contributed by atoms with E-state index in [-0.39, 0.29) is 0 Å². The first-order valence-electron chi connectivity index (χ1n) is 5.18. The maximum Gasteiger partial charge on any atom is 0.490 e. The second-order valence-corrected chi connectivity index (χ2v) is 3.38. The van der Waals surface area contributed by atoms with Crippen LogP contribution in [-0.2, 0) is 0 Å². The number of aromatic nitrogens is 1. The summed E-state index contributed by atoms with van der Waals surface area (Å²) in [4.78, 5) is 3.86. The molecule has 1 heterocycles. The molecule has 0 aromatic carbocycles. The van der Waals surface area contributed by atoms with Crippen molar-refractivity contribution in [2.45, 2.75) is 26.2 Å². The SMILES string of the molecule is CCCCCOc1cncc(B(O)O)c1. The van der Waals surface area contributed by atoms with Gasteiger partial charge in [-0.3, -0.25) is 4.98 Å². The first-order chi connectivity index (χ1) is 7.24. The molecule has 2 N–H and O–H groups in total. The Bertz CT molecular complexity index is 294. The highest BCUT2D eigenvalue weighted by Gasteiger charge is 2.11. The highest BCUT2D eigenvalue weighted by Crippen LogP contribution is 2.06. The molecule has 4 nitrogen and oxygen atoms in total. The van der Waals surface area contributed by atoms with Crippen molar-refractivity contribution in [3.63, 3.8) is 0 Å². The van der Waals surface area contributed by atoms with E-state index < -0.39 is 7.12 Å². The summed E-state index contributed by atoms with van der Waals surface area (Å²) < 4.78 is 5.41. The molecule has 0 fully saturated rings. The fourth-order valence-corrected chi connectivity index (χ4v) is 1.20. The minimum atomic E-state index is -1.49. The molecular weight excluding hydrogens is 193 g/mol. The van der Waals surface area contributed by atoms with Crippen molar-refractivity contribution in [2.24, 2.45) is 0 Å². The Labute approximate surface area is 90.1 Å². The molecule has 0 spiro atoms. The molecule has 1 rings (SSSR count). The van der Waals surface area contributed by atoms with E-state index in [4.69, 9.17) is 14.8 Å². The van der Waals surface area contributed by atoms with Gasteiger partial charge in [-0.1, -0.05) is 19.8 Å². The third-order valence-corrected chi connectivity index (χ3v) is 2.05. The minimum absolute atomic E-state index is 0.350. The van der Waals surface area contributed by atoms with E-state index in [9.17, 15) is 0 Å². The summed E-state index contributed by atoms with van der Waals surface area (Å²) in [5, 5.41) is 17.8. The van der Waals surface area contributed by atoms with Crippen LogP contribution < -0.4 is 10.2 Å². The Hall–Kier alpha value is -1.07. The molecule has 0 aliphatic carbocycles. The van der Waals surface area contributed by atoms with Gasteiger partial charge in [-0.25, -0.2) is 0 Å². The van der Waals surface area contributed by atoms with Gasteiger partial charge in [0.1, 0.15) is 5.75 Å². The van der Waals surface area contributed by atoms with E-state index in [1.165, 1.54) is 6.20 Å². The Balaban J connectivity index is 2.43. The summed E-state index contributed by atoms with van der Waals surface area (Å²) in [7, 11) is -1.49. The van der Waals surface area contributed by atoms with Crippen LogP contribution in [0.2, 0.25) is 0 Å². The van der Waals surface area contributed by atoms with E-state index in [0.717, 1.165) is 19.3 Å². The largest absolute Gasteiger partial charge is 0.492 e. The predicted octanol–water partition coefficient (Wildman–Crippen LogP) is 0.330. The third-order valence-electron chi connectivity index (χ3n) is 2.05. The summed E-state index contributed by atoms with van der Waals surface area (Å²) in [5.74, 6) is 0.580. The van der Waals surface area contributed by atoms with Crippen LogP contribution in [0.4, 0.5) is 0 Å². The van der Waals surface area contributed by atoms with Crippen LogP contribution in [0.1, 0.15) is 26.2 Å². The maximum atomic E-state index is 8.92. The van der Waals surface area contributed by atoms with Crippen molar-refractivity contribution in [3.8, 4) is 5.75 Å². The first-order valence-corrected chi connectivity index (χ1v) is 5.18. The summed E-state index contributed by atoms with van der Waals surface area (Å²) >= 11 is 0. The molecule has 5 heteroatoms. The number of nitrogens with zero attached hydrogens (tertiary/aromatic N) is 1. The topological polar surface area (TPSA) is 62.6 Å². The number of pyridine rings is 1. The molecule has 1 aromatic heterocycles. The zero-order valence-corrected chi connectivity index (χ0v) is 8.89. The standard InChI is InChI=1S/C10H16BNO3/c1-2-3-4-5-15-10-6-9(11(13)14)7-12-8-10/h6-8,13-14H,2-5H2,1H3. The fraction of sp³-hybridized carbons (Fsp3) is 0.500. The van der Waals surface area contributed by atoms with Crippen LogP contribution in [0.25, 0.3) is 0 Å². The Morgan fingerprint density at radius 1 is 1.33 bits per heavy atom. The molecule has 82 valence electrons. The molecule has 0 radical (unpaired) electrons. The molecular formula is C10H16BNO3. The van der Waals surface area contributed by atoms with E-state index in [1.54, 1.807) is 12.3 Å². The highest BCUT2D eigenvalue weighted by atomic mass is 16.5. The molecule has 0 unspecified atom stereocenters. The van der Waals surface area contributed by atoms with Crippen molar-refractivity contribution in [3.05, 3.63) is 18.5 Å². The Kier molecular flexibility index (Phi) is 5.14. The van der Waals surface area contributed by atoms with Crippen LogP contribution in [0, 0.1) is 0 Å². The van der Waals surface area contributed by atoms with Gasteiger partial charge >= 0.3 is 7.12 Å². The highest BCUT2D eigenvalue weighted by molar-refractivity contribution is 6.58. The lowest BCUT2D eigenvalue weighted by molar-refractivity contribution is 0.305. The van der Waals surface area contributed by atoms with E-state index in [0.29, 0.717) is 17.8 Å². The lowest BCUT2D eigenvalue weighted by Gasteiger charge is -2.06. The van der Waals surface area contributed by atoms with E-state index in [2.05, 4.69) is 11.9 Å². The zero-order valence-electron chi connectivity index (χ0n) is 8.89. The average Bonchev–Trinajstić information content (AvgIpc) is 2.25. The lowest BCUT2D eigenvalue weighted by Crippen LogP contribution is -2.30. The number of unbranched alkanes of at least 4 members (excludes halogenated alkanes) is 2.